The summed E-state index contributed by atoms with van der Waals surface area (Å²) in [5.74, 6) is 2.39. The van der Waals surface area contributed by atoms with Crippen LogP contribution in [-0.4, -0.2) is 12.1 Å². The largest absolute Gasteiger partial charge is 0.462 e. The van der Waals surface area contributed by atoms with Gasteiger partial charge < -0.3 is 4.74 Å². The molecule has 3 unspecified atom stereocenters. The average Bonchev–Trinajstić information content (AvgIpc) is 2.52. The molecular weight excluding hydrogens is 260 g/mol. The molecule has 0 amide bonds. The van der Waals surface area contributed by atoms with Crippen molar-refractivity contribution >= 4 is 5.97 Å². The van der Waals surface area contributed by atoms with Gasteiger partial charge in [0.05, 0.1) is 5.92 Å². The third-order valence-corrected chi connectivity index (χ3v) is 5.89. The number of carbonyl (C=O) groups is 1. The molecule has 3 atom stereocenters. The van der Waals surface area contributed by atoms with Crippen LogP contribution in [0.1, 0.15) is 71.6 Å². The zero-order valence-corrected chi connectivity index (χ0v) is 13.9. The third-order valence-electron chi connectivity index (χ3n) is 5.89. The number of rotatable bonds is 6. The van der Waals surface area contributed by atoms with Gasteiger partial charge in [-0.2, -0.15) is 0 Å². The predicted molar refractivity (Wildman–Crippen MR) is 86.9 cm³/mol. The molecule has 0 aromatic heterocycles. The maximum Gasteiger partial charge on any atom is 0.309 e. The predicted octanol–water partition coefficient (Wildman–Crippen LogP) is 5.13. The minimum Gasteiger partial charge on any atom is -0.462 e. The first-order valence-electron chi connectivity index (χ1n) is 8.97. The van der Waals surface area contributed by atoms with Crippen molar-refractivity contribution in [2.24, 2.45) is 23.7 Å². The highest BCUT2D eigenvalue weighted by atomic mass is 16.5. The third kappa shape index (κ3) is 4.34. The van der Waals surface area contributed by atoms with Gasteiger partial charge in [-0.05, 0) is 62.7 Å². The highest BCUT2D eigenvalue weighted by Gasteiger charge is 2.36. The molecule has 1 aliphatic heterocycles. The van der Waals surface area contributed by atoms with E-state index in [-0.39, 0.29) is 18.0 Å². The van der Waals surface area contributed by atoms with Gasteiger partial charge in [0, 0.05) is 0 Å². The molecule has 2 rings (SSSR count). The standard InChI is InChI=1S/C19H32O2/c1-4-6-7-15-8-10-17(11-9-15)14(3)18-13-12-16(5-2)19(20)21-18/h4,14-18H,1,5-13H2,2-3H3. The van der Waals surface area contributed by atoms with E-state index in [2.05, 4.69) is 20.4 Å². The number of carbonyl (C=O) groups excluding carboxylic acids is 1. The SMILES string of the molecule is C=CCCC1CCC(C(C)C2CCC(CC)C(=O)O2)CC1. The summed E-state index contributed by atoms with van der Waals surface area (Å²) in [4.78, 5) is 12.0. The Morgan fingerprint density at radius 2 is 1.95 bits per heavy atom. The van der Waals surface area contributed by atoms with Crippen molar-refractivity contribution in [3.63, 3.8) is 0 Å². The van der Waals surface area contributed by atoms with E-state index < -0.39 is 0 Å². The summed E-state index contributed by atoms with van der Waals surface area (Å²) < 4.78 is 5.74. The summed E-state index contributed by atoms with van der Waals surface area (Å²) in [5.41, 5.74) is 0. The lowest BCUT2D eigenvalue weighted by Gasteiger charge is -2.38. The van der Waals surface area contributed by atoms with E-state index in [4.69, 9.17) is 4.74 Å². The summed E-state index contributed by atoms with van der Waals surface area (Å²) in [6.45, 7) is 8.21. The summed E-state index contributed by atoms with van der Waals surface area (Å²) >= 11 is 0. The van der Waals surface area contributed by atoms with E-state index in [0.29, 0.717) is 5.92 Å². The van der Waals surface area contributed by atoms with Crippen molar-refractivity contribution in [2.45, 2.75) is 77.7 Å². The van der Waals surface area contributed by atoms with E-state index in [1.807, 2.05) is 6.08 Å². The summed E-state index contributed by atoms with van der Waals surface area (Å²) in [6, 6.07) is 0. The van der Waals surface area contributed by atoms with Crippen LogP contribution < -0.4 is 0 Å². The molecule has 0 spiro atoms. The van der Waals surface area contributed by atoms with Gasteiger partial charge in [-0.15, -0.1) is 6.58 Å². The quantitative estimate of drug-likeness (QED) is 0.501. The van der Waals surface area contributed by atoms with Crippen molar-refractivity contribution in [3.05, 3.63) is 12.7 Å². The Balaban J connectivity index is 1.78. The molecule has 0 bridgehead atoms. The van der Waals surface area contributed by atoms with Gasteiger partial charge in [-0.3, -0.25) is 4.79 Å². The van der Waals surface area contributed by atoms with Crippen LogP contribution in [0.2, 0.25) is 0 Å². The van der Waals surface area contributed by atoms with Crippen LogP contribution in [-0.2, 0) is 9.53 Å². The second-order valence-corrected chi connectivity index (χ2v) is 7.16. The lowest BCUT2D eigenvalue weighted by atomic mass is 9.72. The lowest BCUT2D eigenvalue weighted by Crippen LogP contribution is -2.38. The molecule has 1 heterocycles. The Labute approximate surface area is 130 Å². The number of cyclic esters (lactones) is 1. The van der Waals surface area contributed by atoms with Crippen molar-refractivity contribution in [1.82, 2.24) is 0 Å². The van der Waals surface area contributed by atoms with Crippen LogP contribution in [0, 0.1) is 23.7 Å². The monoisotopic (exact) mass is 292 g/mol. The second kappa shape index (κ2) is 8.00. The minimum atomic E-state index is 0.0558. The number of hydrogen-bond donors (Lipinski definition) is 0. The van der Waals surface area contributed by atoms with Crippen LogP contribution in [0.25, 0.3) is 0 Å². The Bertz CT molecular complexity index is 341. The van der Waals surface area contributed by atoms with Crippen molar-refractivity contribution in [3.8, 4) is 0 Å². The van der Waals surface area contributed by atoms with Crippen LogP contribution in [0.15, 0.2) is 12.7 Å². The number of esters is 1. The Morgan fingerprint density at radius 1 is 1.24 bits per heavy atom. The fourth-order valence-corrected chi connectivity index (χ4v) is 4.19. The molecule has 1 saturated heterocycles. The maximum absolute atomic E-state index is 12.0. The molecule has 2 fully saturated rings. The van der Waals surface area contributed by atoms with Crippen LogP contribution >= 0.6 is 0 Å². The van der Waals surface area contributed by atoms with Gasteiger partial charge in [0.1, 0.15) is 6.10 Å². The molecule has 2 nitrogen and oxygen atoms in total. The summed E-state index contributed by atoms with van der Waals surface area (Å²) in [5, 5.41) is 0. The van der Waals surface area contributed by atoms with Crippen molar-refractivity contribution in [1.29, 1.82) is 0 Å². The van der Waals surface area contributed by atoms with Crippen molar-refractivity contribution in [2.75, 3.05) is 0 Å². The van der Waals surface area contributed by atoms with E-state index >= 15 is 0 Å². The molecular formula is C19H32O2. The van der Waals surface area contributed by atoms with E-state index in [1.54, 1.807) is 0 Å². The molecule has 0 aromatic carbocycles. The minimum absolute atomic E-state index is 0.0558. The summed E-state index contributed by atoms with van der Waals surface area (Å²) in [6.07, 6.45) is 13.0. The first kappa shape index (κ1) is 16.6. The van der Waals surface area contributed by atoms with E-state index in [9.17, 15) is 4.79 Å². The molecule has 0 radical (unpaired) electrons. The molecule has 2 aliphatic rings. The topological polar surface area (TPSA) is 26.3 Å². The van der Waals surface area contributed by atoms with Gasteiger partial charge in [0.15, 0.2) is 0 Å². The molecule has 0 N–H and O–H groups in total. The highest BCUT2D eigenvalue weighted by molar-refractivity contribution is 5.73. The smallest absolute Gasteiger partial charge is 0.309 e. The molecule has 2 heteroatoms. The zero-order valence-electron chi connectivity index (χ0n) is 13.9. The highest BCUT2D eigenvalue weighted by Crippen LogP contribution is 2.39. The molecule has 120 valence electrons. The van der Waals surface area contributed by atoms with Gasteiger partial charge in [0.2, 0.25) is 0 Å². The van der Waals surface area contributed by atoms with Crippen LogP contribution in [0.3, 0.4) is 0 Å². The fourth-order valence-electron chi connectivity index (χ4n) is 4.19. The van der Waals surface area contributed by atoms with E-state index in [1.165, 1.54) is 32.1 Å². The first-order valence-corrected chi connectivity index (χ1v) is 8.97. The number of hydrogen-bond acceptors (Lipinski definition) is 2. The van der Waals surface area contributed by atoms with Crippen molar-refractivity contribution < 1.29 is 9.53 Å². The lowest BCUT2D eigenvalue weighted by molar-refractivity contribution is -0.165. The van der Waals surface area contributed by atoms with Gasteiger partial charge in [-0.1, -0.05) is 32.8 Å². The van der Waals surface area contributed by atoms with Crippen LogP contribution in [0.4, 0.5) is 0 Å². The van der Waals surface area contributed by atoms with Crippen LogP contribution in [0.5, 0.6) is 0 Å². The second-order valence-electron chi connectivity index (χ2n) is 7.16. The Hall–Kier alpha value is -0.790. The van der Waals surface area contributed by atoms with Gasteiger partial charge in [-0.25, -0.2) is 0 Å². The first-order chi connectivity index (χ1) is 10.2. The molecule has 1 saturated carbocycles. The fraction of sp³-hybridized carbons (Fsp3) is 0.842. The number of allylic oxidation sites excluding steroid dienone is 1. The maximum atomic E-state index is 12.0. The Kier molecular flexibility index (Phi) is 6.32. The number of ether oxygens (including phenoxy) is 1. The molecule has 0 aromatic rings. The van der Waals surface area contributed by atoms with Gasteiger partial charge in [0.25, 0.3) is 0 Å². The zero-order chi connectivity index (χ0) is 15.2. The summed E-state index contributed by atoms with van der Waals surface area (Å²) in [7, 11) is 0. The normalized spacial score (nSPS) is 35.0. The Morgan fingerprint density at radius 3 is 2.52 bits per heavy atom. The molecule has 21 heavy (non-hydrogen) atoms. The average molecular weight is 292 g/mol. The molecule has 1 aliphatic carbocycles. The van der Waals surface area contributed by atoms with Gasteiger partial charge >= 0.3 is 5.97 Å². The van der Waals surface area contributed by atoms with E-state index in [0.717, 1.165) is 37.5 Å².